The van der Waals surface area contributed by atoms with Crippen LogP contribution in [0.4, 0.5) is 0 Å². The Morgan fingerprint density at radius 3 is 2.48 bits per heavy atom. The molecule has 0 saturated heterocycles. The second-order valence-corrected chi connectivity index (χ2v) is 8.78. The Kier molecular flexibility index (Phi) is 7.46. The standard InChI is InChI=1S/C25H31NO5/c1-25(31)15-20(17-7-3-2-4-8-17)14-22(27)12-6-11-21(25)16-26-23(28)18-9-5-10-19(13-18)24(29)30/h2-5,7-10,13,20-22,27,31H,6,11-12,14-16H2,1H3,(H,26,28)(H,29,30)/t20-,21+,22-,25-/m1/s1. The summed E-state index contributed by atoms with van der Waals surface area (Å²) in [7, 11) is 0. The number of aliphatic hydroxyl groups excluding tert-OH is 1. The largest absolute Gasteiger partial charge is 0.478 e. The molecule has 6 nitrogen and oxygen atoms in total. The molecule has 1 aliphatic rings. The smallest absolute Gasteiger partial charge is 0.335 e. The van der Waals surface area contributed by atoms with Crippen LogP contribution in [0.25, 0.3) is 0 Å². The molecule has 6 heteroatoms. The number of hydrogen-bond donors (Lipinski definition) is 4. The fourth-order valence-corrected chi connectivity index (χ4v) is 4.52. The maximum atomic E-state index is 12.6. The zero-order valence-corrected chi connectivity index (χ0v) is 17.8. The second-order valence-electron chi connectivity index (χ2n) is 8.78. The van der Waals surface area contributed by atoms with E-state index in [0.717, 1.165) is 12.0 Å². The molecule has 0 heterocycles. The van der Waals surface area contributed by atoms with Crippen LogP contribution in [0.2, 0.25) is 0 Å². The van der Waals surface area contributed by atoms with Gasteiger partial charge in [0.25, 0.3) is 5.91 Å². The summed E-state index contributed by atoms with van der Waals surface area (Å²) in [5.41, 5.74) is 0.403. The molecule has 0 aromatic heterocycles. The van der Waals surface area contributed by atoms with Crippen LogP contribution < -0.4 is 5.32 Å². The Balaban J connectivity index is 1.73. The SMILES string of the molecule is C[C@@]1(O)C[C@H](c2ccccc2)C[C@H](O)CCC[C@H]1CNC(=O)c1cccc(C(=O)O)c1. The van der Waals surface area contributed by atoms with Crippen LogP contribution in [-0.2, 0) is 0 Å². The summed E-state index contributed by atoms with van der Waals surface area (Å²) in [5, 5.41) is 33.8. The minimum atomic E-state index is -1.08. The van der Waals surface area contributed by atoms with Crippen molar-refractivity contribution in [2.75, 3.05) is 6.54 Å². The van der Waals surface area contributed by atoms with Gasteiger partial charge in [-0.25, -0.2) is 4.79 Å². The first-order valence-corrected chi connectivity index (χ1v) is 10.8. The number of nitrogens with one attached hydrogen (secondary N) is 1. The number of carbonyl (C=O) groups excluding carboxylic acids is 1. The molecule has 2 aromatic carbocycles. The second kappa shape index (κ2) is 10.1. The number of carboxylic acids is 1. The highest BCUT2D eigenvalue weighted by molar-refractivity contribution is 5.97. The number of carbonyl (C=O) groups is 2. The molecular formula is C25H31NO5. The maximum absolute atomic E-state index is 12.6. The number of benzene rings is 2. The summed E-state index contributed by atoms with van der Waals surface area (Å²) in [4.78, 5) is 23.8. The zero-order chi connectivity index (χ0) is 22.4. The van der Waals surface area contributed by atoms with E-state index in [2.05, 4.69) is 5.32 Å². The molecule has 1 fully saturated rings. The van der Waals surface area contributed by atoms with E-state index in [0.29, 0.717) is 25.7 Å². The van der Waals surface area contributed by atoms with Crippen molar-refractivity contribution in [2.24, 2.45) is 5.92 Å². The van der Waals surface area contributed by atoms with Crippen molar-refractivity contribution < 1.29 is 24.9 Å². The normalized spacial score (nSPS) is 26.9. The lowest BCUT2D eigenvalue weighted by molar-refractivity contribution is -0.0174. The van der Waals surface area contributed by atoms with E-state index in [1.165, 1.54) is 12.1 Å². The van der Waals surface area contributed by atoms with Crippen LogP contribution in [-0.4, -0.2) is 45.4 Å². The maximum Gasteiger partial charge on any atom is 0.335 e. The number of rotatable bonds is 5. The van der Waals surface area contributed by atoms with E-state index in [1.807, 2.05) is 37.3 Å². The number of carboxylic acid groups (broad SMARTS) is 1. The molecule has 166 valence electrons. The first-order valence-electron chi connectivity index (χ1n) is 10.8. The molecule has 0 aliphatic heterocycles. The van der Waals surface area contributed by atoms with Gasteiger partial charge in [0.1, 0.15) is 0 Å². The van der Waals surface area contributed by atoms with Gasteiger partial charge in [0, 0.05) is 18.0 Å². The summed E-state index contributed by atoms with van der Waals surface area (Å²) in [6, 6.07) is 15.8. The van der Waals surface area contributed by atoms with Crippen LogP contribution >= 0.6 is 0 Å². The van der Waals surface area contributed by atoms with Gasteiger partial charge in [-0.2, -0.15) is 0 Å². The molecule has 0 unspecified atom stereocenters. The van der Waals surface area contributed by atoms with Gasteiger partial charge in [-0.15, -0.1) is 0 Å². The third kappa shape index (κ3) is 6.15. The van der Waals surface area contributed by atoms with Gasteiger partial charge in [-0.05, 0) is 62.3 Å². The lowest BCUT2D eigenvalue weighted by atomic mass is 9.77. The highest BCUT2D eigenvalue weighted by Crippen LogP contribution is 2.38. The molecule has 1 saturated carbocycles. The van der Waals surface area contributed by atoms with Gasteiger partial charge < -0.3 is 20.6 Å². The molecule has 4 N–H and O–H groups in total. The van der Waals surface area contributed by atoms with E-state index in [-0.39, 0.29) is 35.4 Å². The van der Waals surface area contributed by atoms with Crippen molar-refractivity contribution in [3.05, 3.63) is 71.3 Å². The number of aromatic carboxylic acids is 1. The summed E-state index contributed by atoms with van der Waals surface area (Å²) in [6.45, 7) is 2.09. The lowest BCUT2D eigenvalue weighted by Crippen LogP contribution is -2.43. The minimum absolute atomic E-state index is 0.0229. The highest BCUT2D eigenvalue weighted by atomic mass is 16.4. The zero-order valence-electron chi connectivity index (χ0n) is 17.8. The molecule has 0 radical (unpaired) electrons. The Morgan fingerprint density at radius 1 is 1.06 bits per heavy atom. The molecule has 0 bridgehead atoms. The van der Waals surface area contributed by atoms with Crippen molar-refractivity contribution in [1.82, 2.24) is 5.32 Å². The van der Waals surface area contributed by atoms with Crippen molar-refractivity contribution in [3.8, 4) is 0 Å². The average molecular weight is 426 g/mol. The minimum Gasteiger partial charge on any atom is -0.478 e. The van der Waals surface area contributed by atoms with E-state index in [1.54, 1.807) is 12.1 Å². The molecule has 0 spiro atoms. The van der Waals surface area contributed by atoms with Crippen LogP contribution in [0.5, 0.6) is 0 Å². The molecule has 31 heavy (non-hydrogen) atoms. The van der Waals surface area contributed by atoms with E-state index in [9.17, 15) is 19.8 Å². The molecule has 1 aliphatic carbocycles. The quantitative estimate of drug-likeness (QED) is 0.586. The molecule has 3 rings (SSSR count). The summed E-state index contributed by atoms with van der Waals surface area (Å²) in [6.07, 6.45) is 2.76. The van der Waals surface area contributed by atoms with Gasteiger partial charge in [-0.3, -0.25) is 4.79 Å². The van der Waals surface area contributed by atoms with Gasteiger partial charge in [0.2, 0.25) is 0 Å². The predicted octanol–water partition coefficient (Wildman–Crippen LogP) is 3.59. The van der Waals surface area contributed by atoms with Gasteiger partial charge in [0.15, 0.2) is 0 Å². The first-order chi connectivity index (χ1) is 14.8. The number of hydrogen-bond acceptors (Lipinski definition) is 4. The van der Waals surface area contributed by atoms with Crippen molar-refractivity contribution in [3.63, 3.8) is 0 Å². The Morgan fingerprint density at radius 2 is 1.77 bits per heavy atom. The van der Waals surface area contributed by atoms with Crippen molar-refractivity contribution >= 4 is 11.9 Å². The van der Waals surface area contributed by atoms with Gasteiger partial charge in [0.05, 0.1) is 17.3 Å². The van der Waals surface area contributed by atoms with E-state index in [4.69, 9.17) is 5.11 Å². The van der Waals surface area contributed by atoms with Gasteiger partial charge >= 0.3 is 5.97 Å². The number of aliphatic hydroxyl groups is 2. The Bertz CT molecular complexity index is 896. The van der Waals surface area contributed by atoms with Crippen LogP contribution in [0, 0.1) is 5.92 Å². The van der Waals surface area contributed by atoms with E-state index < -0.39 is 17.7 Å². The lowest BCUT2D eigenvalue weighted by Gasteiger charge is -2.35. The fraction of sp³-hybridized carbons (Fsp3) is 0.440. The molecule has 1 amide bonds. The Hall–Kier alpha value is -2.70. The molecular weight excluding hydrogens is 394 g/mol. The average Bonchev–Trinajstić information content (AvgIpc) is 2.80. The Labute approximate surface area is 182 Å². The summed E-state index contributed by atoms with van der Waals surface area (Å²) < 4.78 is 0. The van der Waals surface area contributed by atoms with Crippen LogP contribution in [0.15, 0.2) is 54.6 Å². The highest BCUT2D eigenvalue weighted by Gasteiger charge is 2.36. The van der Waals surface area contributed by atoms with Crippen LogP contribution in [0.3, 0.4) is 0 Å². The third-order valence-electron chi connectivity index (χ3n) is 6.34. The topological polar surface area (TPSA) is 107 Å². The van der Waals surface area contributed by atoms with Crippen molar-refractivity contribution in [1.29, 1.82) is 0 Å². The van der Waals surface area contributed by atoms with Crippen LogP contribution in [0.1, 0.15) is 71.2 Å². The predicted molar refractivity (Wildman–Crippen MR) is 118 cm³/mol. The number of amides is 1. The molecule has 4 atom stereocenters. The fourth-order valence-electron chi connectivity index (χ4n) is 4.52. The summed E-state index contributed by atoms with van der Waals surface area (Å²) in [5.74, 6) is -1.61. The third-order valence-corrected chi connectivity index (χ3v) is 6.34. The van der Waals surface area contributed by atoms with Gasteiger partial charge in [-0.1, -0.05) is 42.8 Å². The van der Waals surface area contributed by atoms with Crippen molar-refractivity contribution in [2.45, 2.75) is 56.7 Å². The summed E-state index contributed by atoms with van der Waals surface area (Å²) >= 11 is 0. The van der Waals surface area contributed by atoms with E-state index >= 15 is 0 Å². The molecule has 2 aromatic rings. The first kappa shape index (κ1) is 23.0. The monoisotopic (exact) mass is 425 g/mol.